The Balaban J connectivity index is 1.42. The first-order valence-corrected chi connectivity index (χ1v) is 11.6. The Morgan fingerprint density at radius 2 is 2.03 bits per heavy atom. The van der Waals surface area contributed by atoms with Crippen molar-refractivity contribution in [3.05, 3.63) is 0 Å². The van der Waals surface area contributed by atoms with E-state index in [1.807, 2.05) is 4.90 Å². The number of halogens is 4. The number of nitrogens with zero attached hydrogens (tertiary/aromatic N) is 3. The average Bonchev–Trinajstić information content (AvgIpc) is 3.31. The molecule has 0 radical (unpaired) electrons. The first kappa shape index (κ1) is 24.3. The highest BCUT2D eigenvalue weighted by molar-refractivity contribution is 6.30. The number of fused-ring (bicyclic) bond motifs is 1. The smallest absolute Gasteiger partial charge is 0.274 e. The van der Waals surface area contributed by atoms with Crippen LogP contribution in [0, 0.1) is 11.8 Å². The monoisotopic (exact) mass is 500 g/mol. The summed E-state index contributed by atoms with van der Waals surface area (Å²) in [5, 5.41) is 38.6. The maximum atomic E-state index is 12.3. The SMILES string of the molecule is O[C@@H]1[C@H](O)[C@@H]([C@H](O)C2CCC(Cl)C(Cl)C2)O[C@H]1N1CCC2/C(=N\OCC(F)F)N=CNC21. The Morgan fingerprint density at radius 1 is 1.25 bits per heavy atom. The number of ether oxygens (including phenoxy) is 1. The summed E-state index contributed by atoms with van der Waals surface area (Å²) in [6.07, 6.45) is -4.66. The third-order valence-corrected chi connectivity index (χ3v) is 7.86. The summed E-state index contributed by atoms with van der Waals surface area (Å²) in [5.74, 6) is -0.201. The van der Waals surface area contributed by atoms with E-state index in [2.05, 4.69) is 20.3 Å². The van der Waals surface area contributed by atoms with Crippen molar-refractivity contribution in [2.45, 2.75) is 79.7 Å². The molecule has 5 unspecified atom stereocenters. The third kappa shape index (κ3) is 4.84. The Bertz CT molecular complexity index is 723. The molecule has 3 aliphatic heterocycles. The van der Waals surface area contributed by atoms with E-state index in [4.69, 9.17) is 27.9 Å². The van der Waals surface area contributed by atoms with E-state index in [0.29, 0.717) is 32.2 Å². The summed E-state index contributed by atoms with van der Waals surface area (Å²) in [7, 11) is 0. The molecular formula is C19H28Cl2F2N4O5. The Kier molecular flexibility index (Phi) is 7.75. The predicted molar refractivity (Wildman–Crippen MR) is 113 cm³/mol. The van der Waals surface area contributed by atoms with E-state index in [9.17, 15) is 24.1 Å². The zero-order chi connectivity index (χ0) is 23.0. The van der Waals surface area contributed by atoms with Gasteiger partial charge >= 0.3 is 0 Å². The summed E-state index contributed by atoms with van der Waals surface area (Å²) >= 11 is 12.4. The largest absolute Gasteiger partial charge is 0.390 e. The van der Waals surface area contributed by atoms with Gasteiger partial charge < -0.3 is 30.2 Å². The van der Waals surface area contributed by atoms with Crippen molar-refractivity contribution in [2.75, 3.05) is 13.2 Å². The molecule has 9 nitrogen and oxygen atoms in total. The normalized spacial score (nSPS) is 44.6. The van der Waals surface area contributed by atoms with Gasteiger partial charge in [-0.15, -0.1) is 23.2 Å². The number of hydrogen-bond donors (Lipinski definition) is 4. The number of alkyl halides is 4. The number of rotatable bonds is 6. The van der Waals surface area contributed by atoms with Crippen LogP contribution in [0.15, 0.2) is 10.1 Å². The minimum Gasteiger partial charge on any atom is -0.390 e. The molecule has 0 amide bonds. The van der Waals surface area contributed by atoms with Crippen LogP contribution >= 0.6 is 23.2 Å². The van der Waals surface area contributed by atoms with Crippen molar-refractivity contribution in [3.63, 3.8) is 0 Å². The number of hydrogen-bond acceptors (Lipinski definition) is 8. The Morgan fingerprint density at radius 3 is 2.75 bits per heavy atom. The molecule has 4 rings (SSSR count). The van der Waals surface area contributed by atoms with Crippen LogP contribution in [-0.4, -0.2) is 99.5 Å². The average molecular weight is 501 g/mol. The topological polar surface area (TPSA) is 119 Å². The summed E-state index contributed by atoms with van der Waals surface area (Å²) in [6, 6.07) is 0. The highest BCUT2D eigenvalue weighted by atomic mass is 35.5. The molecule has 182 valence electrons. The van der Waals surface area contributed by atoms with Gasteiger partial charge in [-0.1, -0.05) is 5.16 Å². The van der Waals surface area contributed by atoms with Crippen molar-refractivity contribution >= 4 is 35.4 Å². The second-order valence-electron chi connectivity index (χ2n) is 8.71. The number of nitrogens with one attached hydrogen (secondary N) is 1. The van der Waals surface area contributed by atoms with E-state index < -0.39 is 43.7 Å². The zero-order valence-corrected chi connectivity index (χ0v) is 18.7. The second kappa shape index (κ2) is 10.2. The predicted octanol–water partition coefficient (Wildman–Crippen LogP) is 0.684. The molecule has 3 heterocycles. The molecule has 1 saturated carbocycles. The lowest BCUT2D eigenvalue weighted by Gasteiger charge is -2.36. The van der Waals surface area contributed by atoms with Gasteiger partial charge in [-0.3, -0.25) is 4.90 Å². The van der Waals surface area contributed by atoms with Gasteiger partial charge in [0.05, 0.1) is 29.9 Å². The van der Waals surface area contributed by atoms with Gasteiger partial charge in [0, 0.05) is 11.9 Å². The summed E-state index contributed by atoms with van der Waals surface area (Å²) in [6.45, 7) is -0.351. The van der Waals surface area contributed by atoms with E-state index in [1.54, 1.807) is 0 Å². The number of aliphatic hydroxyl groups is 3. The van der Waals surface area contributed by atoms with Crippen LogP contribution in [0.2, 0.25) is 0 Å². The highest BCUT2D eigenvalue weighted by Gasteiger charge is 2.54. The van der Waals surface area contributed by atoms with E-state index in [1.165, 1.54) is 6.34 Å². The molecule has 0 spiro atoms. The number of aliphatic hydroxyl groups excluding tert-OH is 3. The lowest BCUT2D eigenvalue weighted by atomic mass is 9.81. The van der Waals surface area contributed by atoms with Crippen molar-refractivity contribution < 1.29 is 33.7 Å². The van der Waals surface area contributed by atoms with Crippen molar-refractivity contribution in [1.29, 1.82) is 0 Å². The van der Waals surface area contributed by atoms with Crippen LogP contribution in [0.25, 0.3) is 0 Å². The second-order valence-corrected chi connectivity index (χ2v) is 9.83. The third-order valence-electron chi connectivity index (χ3n) is 6.72. The molecule has 4 N–H and O–H groups in total. The molecular weight excluding hydrogens is 473 g/mol. The Hall–Kier alpha value is -0.820. The fourth-order valence-electron chi connectivity index (χ4n) is 5.04. The van der Waals surface area contributed by atoms with Crippen LogP contribution in [0.4, 0.5) is 8.78 Å². The van der Waals surface area contributed by atoms with Crippen LogP contribution in [0.3, 0.4) is 0 Å². The first-order chi connectivity index (χ1) is 15.3. The van der Waals surface area contributed by atoms with Gasteiger partial charge in [-0.2, -0.15) is 0 Å². The number of oxime groups is 1. The molecule has 32 heavy (non-hydrogen) atoms. The van der Waals surface area contributed by atoms with Gasteiger partial charge in [0.1, 0.15) is 24.5 Å². The molecule has 0 aromatic heterocycles. The standard InChI is InChI=1S/C19H28Cl2F2N4O5/c20-10-2-1-8(5-11(10)21)13(28)16-14(29)15(30)19(32-16)27-4-3-9-17(24-7-25-18(9)27)26-31-6-12(22)23/h7-16,18-19,28-30H,1-6H2,(H,24,25,26)/t8?,9?,10?,11?,13-,14+,15-,16-,18?,19-/m1/s1. The molecule has 1 aliphatic carbocycles. The molecule has 10 atom stereocenters. The number of amidine groups is 1. The quantitative estimate of drug-likeness (QED) is 0.312. The van der Waals surface area contributed by atoms with Crippen molar-refractivity contribution in [2.24, 2.45) is 22.0 Å². The lowest BCUT2D eigenvalue weighted by molar-refractivity contribution is -0.133. The zero-order valence-electron chi connectivity index (χ0n) is 17.2. The summed E-state index contributed by atoms with van der Waals surface area (Å²) in [4.78, 5) is 10.6. The minimum atomic E-state index is -2.64. The van der Waals surface area contributed by atoms with E-state index >= 15 is 0 Å². The van der Waals surface area contributed by atoms with Gasteiger partial charge in [0.25, 0.3) is 6.43 Å². The van der Waals surface area contributed by atoms with E-state index in [0.717, 1.165) is 0 Å². The van der Waals surface area contributed by atoms with Crippen molar-refractivity contribution in [1.82, 2.24) is 10.2 Å². The summed E-state index contributed by atoms with van der Waals surface area (Å²) < 4.78 is 30.6. The number of aliphatic imine (C=N–C) groups is 1. The molecule has 2 saturated heterocycles. The fourth-order valence-corrected chi connectivity index (χ4v) is 5.62. The molecule has 0 aromatic carbocycles. The van der Waals surface area contributed by atoms with Crippen LogP contribution < -0.4 is 5.32 Å². The van der Waals surface area contributed by atoms with Crippen molar-refractivity contribution in [3.8, 4) is 0 Å². The maximum Gasteiger partial charge on any atom is 0.274 e. The lowest BCUT2D eigenvalue weighted by Crippen LogP contribution is -2.55. The highest BCUT2D eigenvalue weighted by Crippen LogP contribution is 2.39. The first-order valence-electron chi connectivity index (χ1n) is 10.8. The molecule has 0 aromatic rings. The van der Waals surface area contributed by atoms with Gasteiger partial charge in [-0.05, 0) is 31.6 Å². The molecule has 4 aliphatic rings. The Labute approximate surface area is 194 Å². The molecule has 3 fully saturated rings. The fraction of sp³-hybridized carbons (Fsp3) is 0.895. The van der Waals surface area contributed by atoms with Gasteiger partial charge in [0.15, 0.2) is 12.4 Å². The van der Waals surface area contributed by atoms with Crippen LogP contribution in [0.5, 0.6) is 0 Å². The summed E-state index contributed by atoms with van der Waals surface area (Å²) in [5.41, 5.74) is 0. The molecule has 0 bridgehead atoms. The van der Waals surface area contributed by atoms with E-state index in [-0.39, 0.29) is 34.6 Å². The maximum absolute atomic E-state index is 12.3. The van der Waals surface area contributed by atoms with Gasteiger partial charge in [0.2, 0.25) is 0 Å². The van der Waals surface area contributed by atoms with Crippen LogP contribution in [-0.2, 0) is 9.57 Å². The number of likely N-dealkylation sites (tertiary alicyclic amines) is 1. The van der Waals surface area contributed by atoms with Gasteiger partial charge in [-0.25, -0.2) is 13.8 Å². The minimum absolute atomic E-state index is 0.158. The van der Waals surface area contributed by atoms with Crippen LogP contribution in [0.1, 0.15) is 25.7 Å². The molecule has 13 heteroatoms.